The molecule has 20 heavy (non-hydrogen) atoms. The van der Waals surface area contributed by atoms with Gasteiger partial charge in [0.05, 0.1) is 12.5 Å². The highest BCUT2D eigenvalue weighted by molar-refractivity contribution is 8.01. The first-order valence-electron chi connectivity index (χ1n) is 5.65. The monoisotopic (exact) mass is 303 g/mol. The predicted molar refractivity (Wildman–Crippen MR) is 77.0 cm³/mol. The van der Waals surface area contributed by atoms with Crippen molar-refractivity contribution >= 4 is 34.7 Å². The summed E-state index contributed by atoms with van der Waals surface area (Å²) in [5.41, 5.74) is 2.85. The minimum atomic E-state index is -0.216. The molecule has 0 saturated heterocycles. The van der Waals surface area contributed by atoms with Crippen LogP contribution in [0.4, 0.5) is 5.69 Å². The maximum Gasteiger partial charge on any atom is 0.273 e. The molecular formula is C12H9N5OS2. The highest BCUT2D eigenvalue weighted by Gasteiger charge is 2.07. The molecule has 0 aliphatic heterocycles. The van der Waals surface area contributed by atoms with E-state index in [-0.39, 0.29) is 5.91 Å². The summed E-state index contributed by atoms with van der Waals surface area (Å²) < 4.78 is 0.888. The zero-order valence-electron chi connectivity index (χ0n) is 10.1. The van der Waals surface area contributed by atoms with Gasteiger partial charge in [0.1, 0.15) is 11.2 Å². The second kappa shape index (κ2) is 5.85. The lowest BCUT2D eigenvalue weighted by atomic mass is 10.3. The van der Waals surface area contributed by atoms with Crippen molar-refractivity contribution in [3.8, 4) is 0 Å². The number of carbonyl (C=O) groups is 1. The van der Waals surface area contributed by atoms with Gasteiger partial charge >= 0.3 is 0 Å². The zero-order valence-corrected chi connectivity index (χ0v) is 11.7. The minimum absolute atomic E-state index is 0.216. The summed E-state index contributed by atoms with van der Waals surface area (Å²) >= 11 is 3.03. The first kappa shape index (κ1) is 12.8. The summed E-state index contributed by atoms with van der Waals surface area (Å²) in [6.07, 6.45) is 2.95. The normalized spacial score (nSPS) is 10.4. The number of carbonyl (C=O) groups excluding carboxylic acids is 1. The Hall–Kier alpha value is -2.19. The lowest BCUT2D eigenvalue weighted by molar-refractivity contribution is 0.102. The summed E-state index contributed by atoms with van der Waals surface area (Å²) in [5.74, 6) is -0.216. The molecule has 2 heterocycles. The summed E-state index contributed by atoms with van der Waals surface area (Å²) in [4.78, 5) is 19.4. The van der Waals surface area contributed by atoms with Crippen LogP contribution in [0.3, 0.4) is 0 Å². The molecule has 100 valence electrons. The van der Waals surface area contributed by atoms with Crippen LogP contribution in [0.15, 0.2) is 51.5 Å². The van der Waals surface area contributed by atoms with Gasteiger partial charge in [-0.05, 0) is 24.3 Å². The Kier molecular flexibility index (Phi) is 3.75. The van der Waals surface area contributed by atoms with Crippen LogP contribution in [0.5, 0.6) is 0 Å². The molecular weight excluding hydrogens is 294 g/mol. The summed E-state index contributed by atoms with van der Waals surface area (Å²) in [6.45, 7) is 0. The third kappa shape index (κ3) is 3.03. The molecule has 2 N–H and O–H groups in total. The Morgan fingerprint density at radius 3 is 2.80 bits per heavy atom. The van der Waals surface area contributed by atoms with Crippen molar-refractivity contribution in [2.45, 2.75) is 9.24 Å². The van der Waals surface area contributed by atoms with Gasteiger partial charge in [-0.25, -0.2) is 4.98 Å². The van der Waals surface area contributed by atoms with Gasteiger partial charge in [0, 0.05) is 10.6 Å². The number of aromatic nitrogens is 4. The molecule has 0 unspecified atom stereocenters. The van der Waals surface area contributed by atoms with Crippen molar-refractivity contribution < 1.29 is 4.79 Å². The van der Waals surface area contributed by atoms with Gasteiger partial charge in [0.2, 0.25) is 0 Å². The molecule has 0 spiro atoms. The van der Waals surface area contributed by atoms with E-state index >= 15 is 0 Å². The second-order valence-corrected chi connectivity index (χ2v) is 5.90. The molecule has 0 aliphatic carbocycles. The van der Waals surface area contributed by atoms with Crippen molar-refractivity contribution in [1.82, 2.24) is 20.2 Å². The average molecular weight is 303 g/mol. The first-order valence-corrected chi connectivity index (χ1v) is 7.35. The van der Waals surface area contributed by atoms with Crippen LogP contribution in [-0.2, 0) is 0 Å². The number of benzene rings is 1. The van der Waals surface area contributed by atoms with Gasteiger partial charge in [-0.1, -0.05) is 23.1 Å². The number of rotatable bonds is 4. The first-order chi connectivity index (χ1) is 9.81. The molecule has 0 atom stereocenters. The molecule has 8 heteroatoms. The number of nitrogens with zero attached hydrogens (tertiary/aromatic N) is 3. The van der Waals surface area contributed by atoms with Crippen LogP contribution >= 0.6 is 23.1 Å². The standard InChI is InChI=1S/C12H9N5OS2/c18-11(10-5-13-6-14-10)16-8-1-3-9(4-2-8)20-12-17-15-7-19-12/h1-7H,(H,13,14)(H,16,18). The number of nitrogens with one attached hydrogen (secondary N) is 2. The largest absolute Gasteiger partial charge is 0.341 e. The van der Waals surface area contributed by atoms with E-state index in [9.17, 15) is 4.79 Å². The Balaban J connectivity index is 1.65. The molecule has 6 nitrogen and oxygen atoms in total. The lowest BCUT2D eigenvalue weighted by Crippen LogP contribution is -2.11. The van der Waals surface area contributed by atoms with E-state index in [2.05, 4.69) is 25.5 Å². The van der Waals surface area contributed by atoms with E-state index in [1.54, 1.807) is 5.51 Å². The second-order valence-electron chi connectivity index (χ2n) is 3.75. The number of hydrogen-bond donors (Lipinski definition) is 2. The highest BCUT2D eigenvalue weighted by atomic mass is 32.2. The molecule has 1 aromatic carbocycles. The van der Waals surface area contributed by atoms with Gasteiger partial charge < -0.3 is 10.3 Å². The minimum Gasteiger partial charge on any atom is -0.341 e. The van der Waals surface area contributed by atoms with E-state index < -0.39 is 0 Å². The molecule has 3 aromatic rings. The van der Waals surface area contributed by atoms with Crippen LogP contribution in [0.25, 0.3) is 0 Å². The smallest absolute Gasteiger partial charge is 0.273 e. The Bertz CT molecular complexity index is 679. The fourth-order valence-electron chi connectivity index (χ4n) is 1.49. The number of imidazole rings is 1. The Morgan fingerprint density at radius 1 is 1.30 bits per heavy atom. The summed E-state index contributed by atoms with van der Waals surface area (Å²) in [6, 6.07) is 7.54. The number of anilines is 1. The van der Waals surface area contributed by atoms with Crippen molar-refractivity contribution in [2.24, 2.45) is 0 Å². The molecule has 2 aromatic heterocycles. The van der Waals surface area contributed by atoms with Crippen molar-refractivity contribution in [1.29, 1.82) is 0 Å². The van der Waals surface area contributed by atoms with Crippen LogP contribution in [0, 0.1) is 0 Å². The Morgan fingerprint density at radius 2 is 2.15 bits per heavy atom. The molecule has 1 amide bonds. The zero-order chi connectivity index (χ0) is 13.8. The van der Waals surface area contributed by atoms with Gasteiger partial charge in [0.15, 0.2) is 4.34 Å². The van der Waals surface area contributed by atoms with E-state index in [0.717, 1.165) is 14.9 Å². The average Bonchev–Trinajstić information content (AvgIpc) is 3.13. The van der Waals surface area contributed by atoms with Crippen LogP contribution in [0.2, 0.25) is 0 Å². The Labute approximate surface area is 122 Å². The van der Waals surface area contributed by atoms with Crippen LogP contribution in [-0.4, -0.2) is 26.1 Å². The van der Waals surface area contributed by atoms with Gasteiger partial charge in [0.25, 0.3) is 5.91 Å². The third-order valence-electron chi connectivity index (χ3n) is 2.40. The number of hydrogen-bond acceptors (Lipinski definition) is 6. The SMILES string of the molecule is O=C(Nc1ccc(Sc2nncs2)cc1)c1cnc[nH]1. The molecule has 0 bridgehead atoms. The maximum atomic E-state index is 11.8. The fourth-order valence-corrected chi connectivity index (χ4v) is 2.94. The van der Waals surface area contributed by atoms with Crippen LogP contribution in [0.1, 0.15) is 10.5 Å². The van der Waals surface area contributed by atoms with E-state index in [0.29, 0.717) is 5.69 Å². The fraction of sp³-hybridized carbons (Fsp3) is 0. The summed E-state index contributed by atoms with van der Waals surface area (Å²) in [5, 5.41) is 10.5. The van der Waals surface area contributed by atoms with Crippen molar-refractivity contribution in [3.05, 3.63) is 48.0 Å². The number of amides is 1. The number of aromatic amines is 1. The quantitative estimate of drug-likeness (QED) is 0.774. The molecule has 3 rings (SSSR count). The van der Waals surface area contributed by atoms with Crippen molar-refractivity contribution in [2.75, 3.05) is 5.32 Å². The predicted octanol–water partition coefficient (Wildman–Crippen LogP) is 2.66. The molecule has 0 radical (unpaired) electrons. The molecule has 0 saturated carbocycles. The molecule has 0 fully saturated rings. The van der Waals surface area contributed by atoms with E-state index in [1.807, 2.05) is 24.3 Å². The third-order valence-corrected chi connectivity index (χ3v) is 4.19. The van der Waals surface area contributed by atoms with E-state index in [4.69, 9.17) is 0 Å². The van der Waals surface area contributed by atoms with Gasteiger partial charge in [-0.2, -0.15) is 0 Å². The number of H-pyrrole nitrogens is 1. The summed E-state index contributed by atoms with van der Waals surface area (Å²) in [7, 11) is 0. The molecule has 0 aliphatic rings. The van der Waals surface area contributed by atoms with Gasteiger partial charge in [-0.3, -0.25) is 4.79 Å². The van der Waals surface area contributed by atoms with E-state index in [1.165, 1.54) is 35.6 Å². The van der Waals surface area contributed by atoms with Crippen LogP contribution < -0.4 is 5.32 Å². The maximum absolute atomic E-state index is 11.8. The lowest BCUT2D eigenvalue weighted by Gasteiger charge is -2.04. The van der Waals surface area contributed by atoms with Crippen molar-refractivity contribution in [3.63, 3.8) is 0 Å². The van der Waals surface area contributed by atoms with Gasteiger partial charge in [-0.15, -0.1) is 10.2 Å². The topological polar surface area (TPSA) is 83.6 Å². The highest BCUT2D eigenvalue weighted by Crippen LogP contribution is 2.29.